The van der Waals surface area contributed by atoms with Crippen molar-refractivity contribution in [3.05, 3.63) is 32.7 Å². The first-order valence-electron chi connectivity index (χ1n) is 3.10. The SMILES string of the molecule is CCc1c(Br)[c]ccc1Br. The van der Waals surface area contributed by atoms with E-state index in [1.807, 2.05) is 12.1 Å². The van der Waals surface area contributed by atoms with E-state index in [9.17, 15) is 0 Å². The van der Waals surface area contributed by atoms with Gasteiger partial charge in [0.05, 0.1) is 0 Å². The highest BCUT2D eigenvalue weighted by molar-refractivity contribution is 9.11. The maximum absolute atomic E-state index is 3.46. The molecule has 1 aromatic carbocycles. The number of benzene rings is 1. The van der Waals surface area contributed by atoms with Crippen LogP contribution in [0.1, 0.15) is 12.5 Å². The fourth-order valence-corrected chi connectivity index (χ4v) is 2.31. The highest BCUT2D eigenvalue weighted by Crippen LogP contribution is 2.24. The van der Waals surface area contributed by atoms with Crippen molar-refractivity contribution >= 4 is 31.9 Å². The molecule has 0 fully saturated rings. The molecule has 0 spiro atoms. The Balaban J connectivity index is 3.17. The third kappa shape index (κ3) is 1.61. The highest BCUT2D eigenvalue weighted by atomic mass is 79.9. The van der Waals surface area contributed by atoms with Gasteiger partial charge in [-0.3, -0.25) is 0 Å². The summed E-state index contributed by atoms with van der Waals surface area (Å²) in [5, 5.41) is 0. The molecule has 0 aromatic heterocycles. The number of hydrogen-bond donors (Lipinski definition) is 0. The van der Waals surface area contributed by atoms with E-state index < -0.39 is 0 Å². The van der Waals surface area contributed by atoms with E-state index in [1.165, 1.54) is 5.56 Å². The van der Waals surface area contributed by atoms with Crippen molar-refractivity contribution in [3.63, 3.8) is 0 Å². The van der Waals surface area contributed by atoms with E-state index in [1.54, 1.807) is 0 Å². The second kappa shape index (κ2) is 3.54. The molecule has 0 heterocycles. The Bertz CT molecular complexity index is 210. The maximum Gasteiger partial charge on any atom is 0.0297 e. The van der Waals surface area contributed by atoms with E-state index >= 15 is 0 Å². The Morgan fingerprint density at radius 1 is 1.50 bits per heavy atom. The van der Waals surface area contributed by atoms with Crippen LogP contribution in [-0.2, 0) is 6.42 Å². The molecule has 2 heteroatoms. The van der Waals surface area contributed by atoms with E-state index in [4.69, 9.17) is 0 Å². The fourth-order valence-electron chi connectivity index (χ4n) is 0.805. The average Bonchev–Trinajstić information content (AvgIpc) is 1.88. The summed E-state index contributed by atoms with van der Waals surface area (Å²) in [7, 11) is 0. The molecule has 0 nitrogen and oxygen atoms in total. The van der Waals surface area contributed by atoms with Crippen LogP contribution in [0.5, 0.6) is 0 Å². The third-order valence-electron chi connectivity index (χ3n) is 1.35. The van der Waals surface area contributed by atoms with Crippen LogP contribution >= 0.6 is 31.9 Å². The van der Waals surface area contributed by atoms with Gasteiger partial charge in [0.2, 0.25) is 0 Å². The van der Waals surface area contributed by atoms with Gasteiger partial charge in [-0.15, -0.1) is 0 Å². The van der Waals surface area contributed by atoms with Crippen molar-refractivity contribution in [2.75, 3.05) is 0 Å². The summed E-state index contributed by atoms with van der Waals surface area (Å²) in [5.74, 6) is 0. The predicted octanol–water partition coefficient (Wildman–Crippen LogP) is 3.57. The molecule has 0 aliphatic heterocycles. The second-order valence-electron chi connectivity index (χ2n) is 1.97. The molecule has 0 N–H and O–H groups in total. The Hall–Kier alpha value is 0.180. The van der Waals surface area contributed by atoms with E-state index in [0.29, 0.717) is 0 Å². The van der Waals surface area contributed by atoms with Gasteiger partial charge in [-0.25, -0.2) is 0 Å². The summed E-state index contributed by atoms with van der Waals surface area (Å²) >= 11 is 6.88. The zero-order valence-corrected chi connectivity index (χ0v) is 8.79. The lowest BCUT2D eigenvalue weighted by Crippen LogP contribution is -1.83. The lowest BCUT2D eigenvalue weighted by Gasteiger charge is -2.01. The van der Waals surface area contributed by atoms with Crippen molar-refractivity contribution in [2.24, 2.45) is 0 Å². The van der Waals surface area contributed by atoms with Gasteiger partial charge >= 0.3 is 0 Å². The molecule has 0 aliphatic carbocycles. The van der Waals surface area contributed by atoms with Gasteiger partial charge in [-0.1, -0.05) is 28.9 Å². The minimum absolute atomic E-state index is 1.03. The molecule has 0 aliphatic rings. The summed E-state index contributed by atoms with van der Waals surface area (Å²) in [6.45, 7) is 2.12. The standard InChI is InChI=1S/C8H7Br2/c1-2-6-7(9)4-3-5-8(6)10/h3-4H,2H2,1H3. The molecule has 0 unspecified atom stereocenters. The van der Waals surface area contributed by atoms with Gasteiger partial charge in [0, 0.05) is 8.95 Å². The second-order valence-corrected chi connectivity index (χ2v) is 3.62. The first kappa shape index (κ1) is 8.28. The molecule has 0 saturated heterocycles. The van der Waals surface area contributed by atoms with E-state index in [-0.39, 0.29) is 0 Å². The predicted molar refractivity (Wildman–Crippen MR) is 50.1 cm³/mol. The Kier molecular flexibility index (Phi) is 2.93. The van der Waals surface area contributed by atoms with Crippen molar-refractivity contribution in [2.45, 2.75) is 13.3 Å². The van der Waals surface area contributed by atoms with Gasteiger partial charge in [0.15, 0.2) is 0 Å². The van der Waals surface area contributed by atoms with Crippen LogP contribution in [0.25, 0.3) is 0 Å². The van der Waals surface area contributed by atoms with Gasteiger partial charge in [0.1, 0.15) is 0 Å². The van der Waals surface area contributed by atoms with Crippen molar-refractivity contribution in [1.82, 2.24) is 0 Å². The number of rotatable bonds is 1. The molecular formula is C8H7Br2. The third-order valence-corrected chi connectivity index (χ3v) is 2.80. The van der Waals surface area contributed by atoms with Crippen LogP contribution in [-0.4, -0.2) is 0 Å². The van der Waals surface area contributed by atoms with Crippen molar-refractivity contribution in [3.8, 4) is 0 Å². The number of hydrogen-bond acceptors (Lipinski definition) is 0. The van der Waals surface area contributed by atoms with Crippen LogP contribution in [0.15, 0.2) is 21.1 Å². The van der Waals surface area contributed by atoms with Crippen molar-refractivity contribution in [1.29, 1.82) is 0 Å². The molecule has 0 atom stereocenters. The summed E-state index contributed by atoms with van der Waals surface area (Å²) in [5.41, 5.74) is 1.28. The topological polar surface area (TPSA) is 0 Å². The lowest BCUT2D eigenvalue weighted by molar-refractivity contribution is 1.11. The minimum Gasteiger partial charge on any atom is -0.0612 e. The smallest absolute Gasteiger partial charge is 0.0297 e. The molecule has 53 valence electrons. The normalized spacial score (nSPS) is 9.90. The van der Waals surface area contributed by atoms with E-state index in [0.717, 1.165) is 15.4 Å². The van der Waals surface area contributed by atoms with E-state index in [2.05, 4.69) is 44.8 Å². The minimum atomic E-state index is 1.03. The Labute approximate surface area is 77.9 Å². The molecule has 10 heavy (non-hydrogen) atoms. The zero-order valence-electron chi connectivity index (χ0n) is 5.62. The van der Waals surface area contributed by atoms with Gasteiger partial charge < -0.3 is 0 Å². The fraction of sp³-hybridized carbons (Fsp3) is 0.250. The lowest BCUT2D eigenvalue weighted by atomic mass is 10.2. The first-order chi connectivity index (χ1) is 4.75. The monoisotopic (exact) mass is 261 g/mol. The van der Waals surface area contributed by atoms with Crippen LogP contribution in [0.3, 0.4) is 0 Å². The largest absolute Gasteiger partial charge is 0.0612 e. The van der Waals surface area contributed by atoms with Gasteiger partial charge in [-0.05, 0) is 40.0 Å². The molecule has 1 radical (unpaired) electrons. The summed E-state index contributed by atoms with van der Waals surface area (Å²) in [6.07, 6.45) is 1.03. The Morgan fingerprint density at radius 3 is 2.60 bits per heavy atom. The van der Waals surface area contributed by atoms with Crippen LogP contribution < -0.4 is 0 Å². The van der Waals surface area contributed by atoms with Crippen LogP contribution in [0.4, 0.5) is 0 Å². The summed E-state index contributed by atoms with van der Waals surface area (Å²) in [6, 6.07) is 6.98. The number of halogens is 2. The van der Waals surface area contributed by atoms with Crippen molar-refractivity contribution < 1.29 is 0 Å². The van der Waals surface area contributed by atoms with Crippen LogP contribution in [0, 0.1) is 6.07 Å². The quantitative estimate of drug-likeness (QED) is 0.726. The molecule has 1 rings (SSSR count). The first-order valence-corrected chi connectivity index (χ1v) is 4.69. The summed E-state index contributed by atoms with van der Waals surface area (Å²) in [4.78, 5) is 0. The molecule has 1 aromatic rings. The maximum atomic E-state index is 3.46. The molecular weight excluding hydrogens is 256 g/mol. The molecule has 0 saturated carbocycles. The average molecular weight is 263 g/mol. The summed E-state index contributed by atoms with van der Waals surface area (Å²) < 4.78 is 2.21. The Morgan fingerprint density at radius 2 is 2.20 bits per heavy atom. The molecule has 0 bridgehead atoms. The van der Waals surface area contributed by atoms with Gasteiger partial charge in [0.25, 0.3) is 0 Å². The highest BCUT2D eigenvalue weighted by Gasteiger charge is 2.00. The zero-order chi connectivity index (χ0) is 7.56. The van der Waals surface area contributed by atoms with Gasteiger partial charge in [-0.2, -0.15) is 0 Å². The van der Waals surface area contributed by atoms with Crippen LogP contribution in [0.2, 0.25) is 0 Å². The molecule has 0 amide bonds.